The smallest absolute Gasteiger partial charge is 0.417 e. The Bertz CT molecular complexity index is 2150. The second-order valence-corrected chi connectivity index (χ2v) is 15.0. The highest BCUT2D eigenvalue weighted by Crippen LogP contribution is 2.49. The number of carbonyl (C=O) groups excluding carboxylic acids is 1. The quantitative estimate of drug-likeness (QED) is 0.199. The van der Waals surface area contributed by atoms with Crippen LogP contribution in [0.2, 0.25) is 0 Å². The molecule has 17 heteroatoms. The Balaban J connectivity index is 1.35. The number of methoxy groups -OCH3 is 1. The zero-order valence-corrected chi connectivity index (χ0v) is 28.7. The molecule has 4 fully saturated rings. The molecule has 5 heterocycles. The SMILES string of the molecule is COC(=O)N1CCC(N(c2nc(OCC34CCCN3CC(F)C4)nc3c(F)c(-c4ccc(F)c5sc(N)c(C#N)c45)c(C(F)(F)F)cc23)C2CC2)C1. The van der Waals surface area contributed by atoms with E-state index in [9.17, 15) is 18.8 Å². The van der Waals surface area contributed by atoms with E-state index >= 15 is 17.6 Å². The minimum Gasteiger partial charge on any atom is -0.461 e. The monoisotopic (exact) mass is 745 g/mol. The molecular weight excluding hydrogens is 712 g/mol. The maximum atomic E-state index is 17.3. The fourth-order valence-corrected chi connectivity index (χ4v) is 9.31. The molecule has 4 aliphatic rings. The molecule has 1 amide bonds. The van der Waals surface area contributed by atoms with Crippen molar-refractivity contribution in [3.8, 4) is 23.2 Å². The largest absolute Gasteiger partial charge is 0.461 e. The van der Waals surface area contributed by atoms with Gasteiger partial charge >= 0.3 is 18.3 Å². The van der Waals surface area contributed by atoms with Gasteiger partial charge in [-0.25, -0.2) is 18.0 Å². The zero-order chi connectivity index (χ0) is 36.7. The number of rotatable bonds is 7. The Labute approximate surface area is 297 Å². The second kappa shape index (κ2) is 12.5. The van der Waals surface area contributed by atoms with Gasteiger partial charge in [0, 0.05) is 48.4 Å². The predicted molar refractivity (Wildman–Crippen MR) is 181 cm³/mol. The number of nitriles is 1. The van der Waals surface area contributed by atoms with Gasteiger partial charge in [0.1, 0.15) is 41.0 Å². The molecule has 52 heavy (non-hydrogen) atoms. The standard InChI is InChI=1S/C35H33F6N7O3S/c1-50-33(49)46-10-7-19(15-46)48(18-3-4-18)31-21-11-23(35(39,40)41)26(20-5-6-24(37)29-25(20)22(13-42)30(43)52-29)27(38)28(21)44-32(45-31)51-16-34-8-2-9-47(34)14-17(36)12-34/h5-6,11,17-19H,2-4,7-10,12,14-16,43H2,1H3. The highest BCUT2D eigenvalue weighted by atomic mass is 32.1. The third-order valence-corrected chi connectivity index (χ3v) is 11.8. The number of halogens is 6. The fraction of sp³-hybridized carbons (Fsp3) is 0.486. The highest BCUT2D eigenvalue weighted by Gasteiger charge is 2.50. The molecule has 2 aromatic carbocycles. The van der Waals surface area contributed by atoms with Gasteiger partial charge in [-0.1, -0.05) is 6.07 Å². The summed E-state index contributed by atoms with van der Waals surface area (Å²) < 4.78 is 103. The van der Waals surface area contributed by atoms with Gasteiger partial charge in [-0.3, -0.25) is 4.90 Å². The molecule has 3 saturated heterocycles. The van der Waals surface area contributed by atoms with Crippen molar-refractivity contribution < 1.29 is 40.6 Å². The number of carbonyl (C=O) groups is 1. The van der Waals surface area contributed by atoms with Crippen LogP contribution in [-0.2, 0) is 10.9 Å². The second-order valence-electron chi connectivity index (χ2n) is 13.9. The lowest BCUT2D eigenvalue weighted by molar-refractivity contribution is -0.137. The first-order valence-corrected chi connectivity index (χ1v) is 17.8. The summed E-state index contributed by atoms with van der Waals surface area (Å²) in [5.74, 6) is -2.19. The van der Waals surface area contributed by atoms with Gasteiger partial charge in [-0.05, 0) is 56.3 Å². The summed E-state index contributed by atoms with van der Waals surface area (Å²) in [6, 6.07) is 3.66. The van der Waals surface area contributed by atoms with Crippen LogP contribution in [0.1, 0.15) is 49.7 Å². The number of nitrogens with zero attached hydrogens (tertiary/aromatic N) is 6. The normalized spacial score (nSPS) is 23.4. The number of ether oxygens (including phenoxy) is 2. The molecular formula is C35H33F6N7O3S. The maximum absolute atomic E-state index is 17.3. The number of thiophene rings is 1. The number of anilines is 2. The van der Waals surface area contributed by atoms with E-state index in [0.29, 0.717) is 50.1 Å². The van der Waals surface area contributed by atoms with Gasteiger partial charge in [0.15, 0.2) is 5.82 Å². The lowest BCUT2D eigenvalue weighted by Gasteiger charge is -2.33. The average Bonchev–Trinajstić information content (AvgIpc) is 3.37. The summed E-state index contributed by atoms with van der Waals surface area (Å²) in [6.07, 6.45) is -3.20. The van der Waals surface area contributed by atoms with Gasteiger partial charge in [0.05, 0.1) is 34.5 Å². The van der Waals surface area contributed by atoms with E-state index in [2.05, 4.69) is 9.97 Å². The van der Waals surface area contributed by atoms with Gasteiger partial charge in [0.25, 0.3) is 0 Å². The first kappa shape index (κ1) is 34.5. The number of alkyl halides is 4. The molecule has 1 saturated carbocycles. The van der Waals surface area contributed by atoms with E-state index in [-0.39, 0.29) is 75.6 Å². The molecule has 0 radical (unpaired) electrons. The molecule has 274 valence electrons. The Morgan fingerprint density at radius 2 is 1.96 bits per heavy atom. The molecule has 3 aliphatic heterocycles. The number of nitrogens with two attached hydrogens (primary N) is 1. The fourth-order valence-electron chi connectivity index (χ4n) is 8.36. The Hall–Kier alpha value is -4.56. The van der Waals surface area contributed by atoms with Crippen LogP contribution in [-0.4, -0.2) is 89.6 Å². The zero-order valence-electron chi connectivity index (χ0n) is 27.9. The van der Waals surface area contributed by atoms with Gasteiger partial charge in [-0.15, -0.1) is 11.3 Å². The number of hydrogen-bond acceptors (Lipinski definition) is 10. The van der Waals surface area contributed by atoms with Crippen molar-refractivity contribution in [1.29, 1.82) is 5.26 Å². The number of likely N-dealkylation sites (tertiary alicyclic amines) is 1. The van der Waals surface area contributed by atoms with Gasteiger partial charge < -0.3 is 25.0 Å². The summed E-state index contributed by atoms with van der Waals surface area (Å²) in [4.78, 5) is 26.8. The molecule has 2 aromatic heterocycles. The Morgan fingerprint density at radius 1 is 1.17 bits per heavy atom. The molecule has 0 spiro atoms. The van der Waals surface area contributed by atoms with E-state index < -0.39 is 58.3 Å². The van der Waals surface area contributed by atoms with Crippen LogP contribution in [0.4, 0.5) is 42.0 Å². The minimum atomic E-state index is -5.12. The van der Waals surface area contributed by atoms with Crippen molar-refractivity contribution in [1.82, 2.24) is 19.8 Å². The van der Waals surface area contributed by atoms with Crippen molar-refractivity contribution in [2.24, 2.45) is 0 Å². The summed E-state index contributed by atoms with van der Waals surface area (Å²) in [5, 5.41) is 9.26. The van der Waals surface area contributed by atoms with Crippen LogP contribution in [0.25, 0.3) is 32.1 Å². The molecule has 3 atom stereocenters. The van der Waals surface area contributed by atoms with E-state index in [1.54, 1.807) is 0 Å². The topological polar surface area (TPSA) is 121 Å². The predicted octanol–water partition coefficient (Wildman–Crippen LogP) is 7.03. The van der Waals surface area contributed by atoms with Crippen molar-refractivity contribution in [3.63, 3.8) is 0 Å². The van der Waals surface area contributed by atoms with Crippen LogP contribution in [0, 0.1) is 23.0 Å². The van der Waals surface area contributed by atoms with Crippen molar-refractivity contribution >= 4 is 49.2 Å². The molecule has 8 rings (SSSR count). The van der Waals surface area contributed by atoms with E-state index in [4.69, 9.17) is 15.2 Å². The summed E-state index contributed by atoms with van der Waals surface area (Å²) in [6.45, 7) is 1.44. The van der Waals surface area contributed by atoms with Crippen LogP contribution in [0.3, 0.4) is 0 Å². The van der Waals surface area contributed by atoms with Crippen molar-refractivity contribution in [3.05, 3.63) is 41.0 Å². The molecule has 1 aliphatic carbocycles. The molecule has 4 aromatic rings. The number of aromatic nitrogens is 2. The first-order chi connectivity index (χ1) is 24.8. The summed E-state index contributed by atoms with van der Waals surface area (Å²) in [5.41, 5.74) is 1.92. The third-order valence-electron chi connectivity index (χ3n) is 10.8. The lowest BCUT2D eigenvalue weighted by atomic mass is 9.92. The maximum Gasteiger partial charge on any atom is 0.417 e. The number of nitrogen functional groups attached to an aromatic ring is 1. The average molecular weight is 746 g/mol. The van der Waals surface area contributed by atoms with E-state index in [1.165, 1.54) is 12.0 Å². The molecule has 10 nitrogen and oxygen atoms in total. The van der Waals surface area contributed by atoms with E-state index in [1.807, 2.05) is 15.9 Å². The van der Waals surface area contributed by atoms with Crippen LogP contribution >= 0.6 is 11.3 Å². The van der Waals surface area contributed by atoms with E-state index in [0.717, 1.165) is 24.6 Å². The lowest BCUT2D eigenvalue weighted by Crippen LogP contribution is -2.43. The number of fused-ring (bicyclic) bond motifs is 3. The third kappa shape index (κ3) is 5.61. The van der Waals surface area contributed by atoms with Gasteiger partial charge in [0.2, 0.25) is 0 Å². The molecule has 2 N–H and O–H groups in total. The Morgan fingerprint density at radius 3 is 2.67 bits per heavy atom. The van der Waals surface area contributed by atoms with Crippen LogP contribution in [0.5, 0.6) is 6.01 Å². The van der Waals surface area contributed by atoms with Crippen molar-refractivity contribution in [2.75, 3.05) is 50.5 Å². The molecule has 3 unspecified atom stereocenters. The minimum absolute atomic E-state index is 0.00692. The molecule has 0 bridgehead atoms. The van der Waals surface area contributed by atoms with Crippen LogP contribution < -0.4 is 15.4 Å². The van der Waals surface area contributed by atoms with Crippen molar-refractivity contribution in [2.45, 2.75) is 68.5 Å². The highest BCUT2D eigenvalue weighted by molar-refractivity contribution is 7.23. The number of benzene rings is 2. The number of hydrogen-bond donors (Lipinski definition) is 1. The Kier molecular flexibility index (Phi) is 8.33. The number of amides is 1. The van der Waals surface area contributed by atoms with Crippen LogP contribution in [0.15, 0.2) is 18.2 Å². The summed E-state index contributed by atoms with van der Waals surface area (Å²) in [7, 11) is 1.26. The summed E-state index contributed by atoms with van der Waals surface area (Å²) >= 11 is 0.681. The van der Waals surface area contributed by atoms with Gasteiger partial charge in [-0.2, -0.15) is 28.4 Å². The first-order valence-electron chi connectivity index (χ1n) is 17.0.